The Hall–Kier alpha value is -6.98. The molecule has 0 aliphatic heterocycles. The first-order chi connectivity index (χ1) is 25.2. The average Bonchev–Trinajstić information content (AvgIpc) is 3.71. The van der Waals surface area contributed by atoms with Crippen LogP contribution in [0.5, 0.6) is 0 Å². The topological polar surface area (TPSA) is 44.2 Å². The fraction of sp³-hybridized carbons (Fsp3) is 0. The minimum atomic E-state index is -0.0705. The van der Waals surface area contributed by atoms with Crippen LogP contribution in [0.1, 0.15) is 0 Å². The van der Waals surface area contributed by atoms with Crippen molar-refractivity contribution in [2.45, 2.75) is 0 Å². The largest absolute Gasteiger partial charge is 0.307 e. The van der Waals surface area contributed by atoms with Crippen LogP contribution in [0.15, 0.2) is 175 Å². The van der Waals surface area contributed by atoms with E-state index in [-0.39, 0.29) is 5.56 Å². The lowest BCUT2D eigenvalue weighted by Gasteiger charge is -2.16. The van der Waals surface area contributed by atoms with Gasteiger partial charge < -0.3 is 9.13 Å². The summed E-state index contributed by atoms with van der Waals surface area (Å²) in [6, 6.07) is 59.1. The Balaban J connectivity index is 1.32. The number of benzene rings is 7. The zero-order chi connectivity index (χ0) is 33.6. The molecule has 11 rings (SSSR count). The number of nitrogens with zero attached hydrogens (tertiary/aromatic N) is 4. The number of aromatic nitrogens is 4. The predicted octanol–water partition coefficient (Wildman–Crippen LogP) is 10.9. The van der Waals surface area contributed by atoms with Gasteiger partial charge in [-0.3, -0.25) is 9.20 Å². The van der Waals surface area contributed by atoms with Crippen LogP contribution >= 0.6 is 0 Å². The van der Waals surface area contributed by atoms with E-state index in [1.165, 1.54) is 27.1 Å². The molecule has 4 heterocycles. The summed E-state index contributed by atoms with van der Waals surface area (Å²) in [5.41, 5.74) is 10.9. The summed E-state index contributed by atoms with van der Waals surface area (Å²) in [6.07, 6.45) is 0. The SMILES string of the molecule is O=c1c2ccccc2nc2cc(-c3ccccc3)c3cc(-n4c5ccccc5c5ccc6c7ccccc7n(-c7ccccc7)c6c54)ccc3n12. The molecule has 0 saturated heterocycles. The number of pyridine rings is 1. The van der Waals surface area contributed by atoms with Gasteiger partial charge in [0.15, 0.2) is 0 Å². The van der Waals surface area contributed by atoms with E-state index < -0.39 is 0 Å². The maximum Gasteiger partial charge on any atom is 0.266 e. The summed E-state index contributed by atoms with van der Waals surface area (Å²) in [5, 5.41) is 6.37. The van der Waals surface area contributed by atoms with Gasteiger partial charge in [0.25, 0.3) is 5.56 Å². The Kier molecular flexibility index (Phi) is 5.75. The molecule has 0 radical (unpaired) electrons. The normalized spacial score (nSPS) is 12.0. The van der Waals surface area contributed by atoms with Gasteiger partial charge in [0, 0.05) is 38.3 Å². The van der Waals surface area contributed by atoms with Gasteiger partial charge in [-0.05, 0) is 71.8 Å². The molecule has 0 spiro atoms. The summed E-state index contributed by atoms with van der Waals surface area (Å²) in [7, 11) is 0. The summed E-state index contributed by atoms with van der Waals surface area (Å²) < 4.78 is 6.58. The highest BCUT2D eigenvalue weighted by molar-refractivity contribution is 6.24. The summed E-state index contributed by atoms with van der Waals surface area (Å²) in [5.74, 6) is 0. The van der Waals surface area contributed by atoms with E-state index in [9.17, 15) is 4.79 Å². The Morgan fingerprint density at radius 2 is 0.980 bits per heavy atom. The van der Waals surface area contributed by atoms with Crippen LogP contribution in [0.2, 0.25) is 0 Å². The third-order valence-electron chi connectivity index (χ3n) is 10.4. The molecule has 0 amide bonds. The van der Waals surface area contributed by atoms with Crippen molar-refractivity contribution < 1.29 is 0 Å². The maximum atomic E-state index is 14.1. The van der Waals surface area contributed by atoms with Gasteiger partial charge in [-0.2, -0.15) is 0 Å². The summed E-state index contributed by atoms with van der Waals surface area (Å²) >= 11 is 0. The minimum absolute atomic E-state index is 0.0705. The standard InChI is InChI=1S/C46H28N4O/c51-46-36-19-7-10-20-39(36)47-43-28-37(29-13-3-1-4-14-29)38-27-31(23-26-42(38)50(43)46)49-41-22-12-9-18-33(41)35-25-24-34-32-17-8-11-21-40(32)48(44(34)45(35)49)30-15-5-2-6-16-30/h1-28H. The Morgan fingerprint density at radius 3 is 1.67 bits per heavy atom. The molecule has 0 unspecified atom stereocenters. The van der Waals surface area contributed by atoms with Crippen molar-refractivity contribution in [2.75, 3.05) is 0 Å². The molecular weight excluding hydrogens is 625 g/mol. The van der Waals surface area contributed by atoms with E-state index in [2.05, 4.69) is 149 Å². The maximum absolute atomic E-state index is 14.1. The number of fused-ring (bicyclic) bond motifs is 11. The van der Waals surface area contributed by atoms with Crippen LogP contribution in [-0.2, 0) is 0 Å². The number of para-hydroxylation sites is 4. The highest BCUT2D eigenvalue weighted by atomic mass is 16.1. The summed E-state index contributed by atoms with van der Waals surface area (Å²) in [4.78, 5) is 19.1. The fourth-order valence-electron chi connectivity index (χ4n) is 8.23. The molecular formula is C46H28N4O. The zero-order valence-corrected chi connectivity index (χ0v) is 27.4. The fourth-order valence-corrected chi connectivity index (χ4v) is 8.23. The van der Waals surface area contributed by atoms with Crippen LogP contribution in [-0.4, -0.2) is 18.5 Å². The Bertz CT molecular complexity index is 3260. The second-order valence-electron chi connectivity index (χ2n) is 13.2. The first-order valence-corrected chi connectivity index (χ1v) is 17.2. The van der Waals surface area contributed by atoms with Gasteiger partial charge >= 0.3 is 0 Å². The van der Waals surface area contributed by atoms with Gasteiger partial charge in [-0.1, -0.05) is 109 Å². The van der Waals surface area contributed by atoms with Crippen LogP contribution in [0, 0.1) is 0 Å². The van der Waals surface area contributed by atoms with E-state index in [0.29, 0.717) is 16.6 Å². The zero-order valence-electron chi connectivity index (χ0n) is 27.4. The van der Waals surface area contributed by atoms with Crippen molar-refractivity contribution in [3.63, 3.8) is 0 Å². The van der Waals surface area contributed by atoms with Crippen molar-refractivity contribution in [3.8, 4) is 22.5 Å². The third-order valence-corrected chi connectivity index (χ3v) is 10.4. The van der Waals surface area contributed by atoms with E-state index in [1.807, 2.05) is 30.3 Å². The first kappa shape index (κ1) is 27.9. The molecule has 0 aliphatic rings. The van der Waals surface area contributed by atoms with Gasteiger partial charge in [0.2, 0.25) is 0 Å². The second-order valence-corrected chi connectivity index (χ2v) is 13.2. The van der Waals surface area contributed by atoms with E-state index in [4.69, 9.17) is 4.98 Å². The van der Waals surface area contributed by atoms with Crippen molar-refractivity contribution in [2.24, 2.45) is 0 Å². The van der Waals surface area contributed by atoms with Crippen molar-refractivity contribution >= 4 is 71.1 Å². The molecule has 11 aromatic rings. The molecule has 5 nitrogen and oxygen atoms in total. The first-order valence-electron chi connectivity index (χ1n) is 17.2. The summed E-state index contributed by atoms with van der Waals surface area (Å²) in [6.45, 7) is 0. The van der Waals surface area contributed by atoms with Gasteiger partial charge in [0.05, 0.1) is 38.5 Å². The van der Waals surface area contributed by atoms with Crippen molar-refractivity contribution in [1.29, 1.82) is 0 Å². The number of hydrogen-bond acceptors (Lipinski definition) is 2. The van der Waals surface area contributed by atoms with Crippen LogP contribution < -0.4 is 5.56 Å². The molecule has 4 aromatic heterocycles. The Labute approximate surface area is 291 Å². The average molecular weight is 653 g/mol. The molecule has 7 aromatic carbocycles. The molecule has 0 atom stereocenters. The molecule has 0 fully saturated rings. The molecule has 238 valence electrons. The smallest absolute Gasteiger partial charge is 0.266 e. The minimum Gasteiger partial charge on any atom is -0.307 e. The lowest BCUT2D eigenvalue weighted by atomic mass is 10.00. The molecule has 0 saturated carbocycles. The van der Waals surface area contributed by atoms with Gasteiger partial charge in [-0.25, -0.2) is 4.98 Å². The lowest BCUT2D eigenvalue weighted by Crippen LogP contribution is -2.16. The predicted molar refractivity (Wildman–Crippen MR) is 211 cm³/mol. The highest BCUT2D eigenvalue weighted by Gasteiger charge is 2.22. The van der Waals surface area contributed by atoms with Crippen LogP contribution in [0.4, 0.5) is 0 Å². The Morgan fingerprint density at radius 1 is 0.412 bits per heavy atom. The molecule has 5 heteroatoms. The monoisotopic (exact) mass is 652 g/mol. The highest BCUT2D eigenvalue weighted by Crippen LogP contribution is 2.42. The van der Waals surface area contributed by atoms with E-state index in [1.54, 1.807) is 4.40 Å². The van der Waals surface area contributed by atoms with Crippen molar-refractivity contribution in [3.05, 3.63) is 180 Å². The lowest BCUT2D eigenvalue weighted by molar-refractivity contribution is 1.12. The van der Waals surface area contributed by atoms with Crippen molar-refractivity contribution in [1.82, 2.24) is 18.5 Å². The molecule has 0 bridgehead atoms. The number of rotatable bonds is 3. The molecule has 0 aliphatic carbocycles. The van der Waals surface area contributed by atoms with Crippen LogP contribution in [0.25, 0.3) is 93.6 Å². The molecule has 0 N–H and O–H groups in total. The van der Waals surface area contributed by atoms with Crippen LogP contribution in [0.3, 0.4) is 0 Å². The van der Waals surface area contributed by atoms with Gasteiger partial charge in [0.1, 0.15) is 5.65 Å². The third kappa shape index (κ3) is 3.91. The molecule has 51 heavy (non-hydrogen) atoms. The second kappa shape index (κ2) is 10.5. The quantitative estimate of drug-likeness (QED) is 0.141. The van der Waals surface area contributed by atoms with Gasteiger partial charge in [-0.15, -0.1) is 0 Å². The van der Waals surface area contributed by atoms with E-state index in [0.717, 1.165) is 50.0 Å². The number of hydrogen-bond donors (Lipinski definition) is 0. The van der Waals surface area contributed by atoms with E-state index >= 15 is 0 Å².